The maximum atomic E-state index is 12.4. The standard InChI is InChI=1S/C13H15ClN2O2S/c14-8-1-4-10(11(17)7-8)13(18)16(9-2-3-9)6-5-12(15)19/h1,4,7,9,17H,2-3,5-6H2,(H2,15,19). The van der Waals surface area contributed by atoms with Gasteiger partial charge in [0.05, 0.1) is 10.6 Å². The van der Waals surface area contributed by atoms with Crippen LogP contribution in [0.2, 0.25) is 5.02 Å². The van der Waals surface area contributed by atoms with Gasteiger partial charge in [-0.1, -0.05) is 23.8 Å². The van der Waals surface area contributed by atoms with Crippen LogP contribution in [-0.4, -0.2) is 33.5 Å². The van der Waals surface area contributed by atoms with Crippen molar-refractivity contribution in [1.29, 1.82) is 0 Å². The molecule has 0 unspecified atom stereocenters. The number of hydrogen-bond acceptors (Lipinski definition) is 3. The molecule has 0 aromatic heterocycles. The minimum atomic E-state index is -0.201. The highest BCUT2D eigenvalue weighted by Crippen LogP contribution is 2.31. The third-order valence-corrected chi connectivity index (χ3v) is 3.48. The molecule has 1 aliphatic carbocycles. The van der Waals surface area contributed by atoms with Crippen LogP contribution in [-0.2, 0) is 0 Å². The van der Waals surface area contributed by atoms with Crippen molar-refractivity contribution in [2.45, 2.75) is 25.3 Å². The van der Waals surface area contributed by atoms with Crippen molar-refractivity contribution < 1.29 is 9.90 Å². The molecule has 0 saturated heterocycles. The summed E-state index contributed by atoms with van der Waals surface area (Å²) >= 11 is 10.6. The first-order valence-electron chi connectivity index (χ1n) is 6.07. The summed E-state index contributed by atoms with van der Waals surface area (Å²) in [6, 6.07) is 4.73. The average Bonchev–Trinajstić information content (AvgIpc) is 3.13. The summed E-state index contributed by atoms with van der Waals surface area (Å²) in [5.41, 5.74) is 5.74. The predicted octanol–water partition coefficient (Wildman–Crippen LogP) is 2.33. The molecule has 0 aliphatic heterocycles. The van der Waals surface area contributed by atoms with Crippen LogP contribution in [0.25, 0.3) is 0 Å². The lowest BCUT2D eigenvalue weighted by atomic mass is 10.1. The quantitative estimate of drug-likeness (QED) is 0.819. The van der Waals surface area contributed by atoms with E-state index in [0.717, 1.165) is 12.8 Å². The Bertz CT molecular complexity index is 517. The van der Waals surface area contributed by atoms with Gasteiger partial charge in [0.2, 0.25) is 0 Å². The molecule has 1 aromatic rings. The first kappa shape index (κ1) is 14.1. The summed E-state index contributed by atoms with van der Waals surface area (Å²) in [7, 11) is 0. The van der Waals surface area contributed by atoms with Gasteiger partial charge >= 0.3 is 0 Å². The lowest BCUT2D eigenvalue weighted by Crippen LogP contribution is -2.35. The Morgan fingerprint density at radius 1 is 1.53 bits per heavy atom. The van der Waals surface area contributed by atoms with Crippen LogP contribution in [0.1, 0.15) is 29.6 Å². The van der Waals surface area contributed by atoms with Gasteiger partial charge in [-0.3, -0.25) is 4.79 Å². The lowest BCUT2D eigenvalue weighted by Gasteiger charge is -2.22. The van der Waals surface area contributed by atoms with Crippen LogP contribution < -0.4 is 5.73 Å². The number of thiocarbonyl (C=S) groups is 1. The number of rotatable bonds is 5. The van der Waals surface area contributed by atoms with E-state index in [1.165, 1.54) is 12.1 Å². The van der Waals surface area contributed by atoms with Gasteiger partial charge in [0.25, 0.3) is 5.91 Å². The van der Waals surface area contributed by atoms with Crippen molar-refractivity contribution >= 4 is 34.7 Å². The molecular weight excluding hydrogens is 284 g/mol. The molecule has 0 bridgehead atoms. The van der Waals surface area contributed by atoms with Gasteiger partial charge in [-0.15, -0.1) is 0 Å². The Morgan fingerprint density at radius 3 is 2.74 bits per heavy atom. The van der Waals surface area contributed by atoms with Crippen molar-refractivity contribution in [2.24, 2.45) is 5.73 Å². The number of halogens is 1. The lowest BCUT2D eigenvalue weighted by molar-refractivity contribution is 0.0745. The second kappa shape index (κ2) is 5.75. The Morgan fingerprint density at radius 2 is 2.21 bits per heavy atom. The number of carbonyl (C=O) groups excluding carboxylic acids is 1. The van der Waals surface area contributed by atoms with Crippen molar-refractivity contribution in [3.05, 3.63) is 28.8 Å². The van der Waals surface area contributed by atoms with Gasteiger partial charge in [-0.25, -0.2) is 0 Å². The molecule has 102 valence electrons. The molecule has 1 fully saturated rings. The van der Waals surface area contributed by atoms with Crippen LogP contribution in [0.5, 0.6) is 5.75 Å². The normalized spacial score (nSPS) is 14.2. The number of amides is 1. The molecule has 2 rings (SSSR count). The fourth-order valence-corrected chi connectivity index (χ4v) is 2.16. The number of carbonyl (C=O) groups is 1. The molecule has 19 heavy (non-hydrogen) atoms. The molecule has 0 spiro atoms. The zero-order chi connectivity index (χ0) is 14.0. The van der Waals surface area contributed by atoms with E-state index in [9.17, 15) is 9.90 Å². The Kier molecular flexibility index (Phi) is 4.27. The number of nitrogens with zero attached hydrogens (tertiary/aromatic N) is 1. The maximum absolute atomic E-state index is 12.4. The average molecular weight is 299 g/mol. The van der Waals surface area contributed by atoms with Gasteiger partial charge in [-0.2, -0.15) is 0 Å². The highest BCUT2D eigenvalue weighted by molar-refractivity contribution is 7.80. The molecule has 3 N–H and O–H groups in total. The van der Waals surface area contributed by atoms with E-state index >= 15 is 0 Å². The van der Waals surface area contributed by atoms with E-state index in [4.69, 9.17) is 29.6 Å². The summed E-state index contributed by atoms with van der Waals surface area (Å²) in [5, 5.41) is 10.2. The second-order valence-electron chi connectivity index (χ2n) is 4.61. The van der Waals surface area contributed by atoms with Crippen LogP contribution >= 0.6 is 23.8 Å². The van der Waals surface area contributed by atoms with Crippen LogP contribution in [0.3, 0.4) is 0 Å². The number of aromatic hydroxyl groups is 1. The molecule has 1 aromatic carbocycles. The summed E-state index contributed by atoms with van der Waals surface area (Å²) in [5.74, 6) is -0.300. The number of benzene rings is 1. The Balaban J connectivity index is 2.16. The summed E-state index contributed by atoms with van der Waals surface area (Å²) in [4.78, 5) is 14.5. The highest BCUT2D eigenvalue weighted by atomic mass is 35.5. The zero-order valence-corrected chi connectivity index (χ0v) is 11.9. The first-order valence-corrected chi connectivity index (χ1v) is 6.85. The van der Waals surface area contributed by atoms with Crippen molar-refractivity contribution in [2.75, 3.05) is 6.54 Å². The summed E-state index contributed by atoms with van der Waals surface area (Å²) < 4.78 is 0. The smallest absolute Gasteiger partial charge is 0.257 e. The van der Waals surface area contributed by atoms with Gasteiger partial charge in [0.15, 0.2) is 0 Å². The van der Waals surface area contributed by atoms with Gasteiger partial charge in [0, 0.05) is 24.0 Å². The van der Waals surface area contributed by atoms with Crippen molar-refractivity contribution in [3.63, 3.8) is 0 Å². The highest BCUT2D eigenvalue weighted by Gasteiger charge is 2.33. The zero-order valence-electron chi connectivity index (χ0n) is 10.3. The molecule has 1 aliphatic rings. The first-order chi connectivity index (χ1) is 8.99. The molecule has 0 heterocycles. The molecule has 1 saturated carbocycles. The maximum Gasteiger partial charge on any atom is 0.257 e. The number of phenols is 1. The van der Waals surface area contributed by atoms with E-state index in [1.54, 1.807) is 11.0 Å². The fraction of sp³-hybridized carbons (Fsp3) is 0.385. The van der Waals surface area contributed by atoms with Crippen LogP contribution in [0.15, 0.2) is 18.2 Å². The Hall–Kier alpha value is -1.33. The SMILES string of the molecule is NC(=S)CCN(C(=O)c1ccc(Cl)cc1O)C1CC1. The minimum Gasteiger partial charge on any atom is -0.507 e. The molecular formula is C13H15ClN2O2S. The monoisotopic (exact) mass is 298 g/mol. The van der Waals surface area contributed by atoms with Crippen molar-refractivity contribution in [3.8, 4) is 5.75 Å². The number of hydrogen-bond donors (Lipinski definition) is 2. The minimum absolute atomic E-state index is 0.0986. The van der Waals surface area contributed by atoms with Gasteiger partial charge < -0.3 is 15.7 Å². The Labute approximate surface area is 122 Å². The summed E-state index contributed by atoms with van der Waals surface area (Å²) in [6.45, 7) is 0.487. The number of phenolic OH excluding ortho intramolecular Hbond substituents is 1. The van der Waals surface area contributed by atoms with Gasteiger partial charge in [-0.05, 0) is 31.0 Å². The second-order valence-corrected chi connectivity index (χ2v) is 5.57. The van der Waals surface area contributed by atoms with E-state index in [-0.39, 0.29) is 23.3 Å². The van der Waals surface area contributed by atoms with E-state index in [1.807, 2.05) is 0 Å². The largest absolute Gasteiger partial charge is 0.507 e. The molecule has 1 amide bonds. The van der Waals surface area contributed by atoms with Gasteiger partial charge in [0.1, 0.15) is 5.75 Å². The summed E-state index contributed by atoms with van der Waals surface area (Å²) in [6.07, 6.45) is 2.46. The topological polar surface area (TPSA) is 66.6 Å². The molecule has 0 radical (unpaired) electrons. The van der Waals surface area contributed by atoms with Crippen LogP contribution in [0, 0.1) is 0 Å². The fourth-order valence-electron chi connectivity index (χ4n) is 1.91. The third kappa shape index (κ3) is 3.58. The molecule has 6 heteroatoms. The van der Waals surface area contributed by atoms with E-state index in [0.29, 0.717) is 23.0 Å². The van der Waals surface area contributed by atoms with Crippen LogP contribution in [0.4, 0.5) is 0 Å². The van der Waals surface area contributed by atoms with E-state index < -0.39 is 0 Å². The predicted molar refractivity (Wildman–Crippen MR) is 78.6 cm³/mol. The third-order valence-electron chi connectivity index (χ3n) is 3.04. The molecule has 0 atom stereocenters. The molecule has 4 nitrogen and oxygen atoms in total. The van der Waals surface area contributed by atoms with E-state index in [2.05, 4.69) is 0 Å². The van der Waals surface area contributed by atoms with Crippen molar-refractivity contribution in [1.82, 2.24) is 4.90 Å². The number of nitrogens with two attached hydrogens (primary N) is 1.